The van der Waals surface area contributed by atoms with E-state index >= 15 is 0 Å². The lowest BCUT2D eigenvalue weighted by atomic mass is 9.96. The number of pyridine rings is 1. The van der Waals surface area contributed by atoms with E-state index in [2.05, 4.69) is 33.8 Å². The summed E-state index contributed by atoms with van der Waals surface area (Å²) in [5.74, 6) is -1.67. The first-order valence-electron chi connectivity index (χ1n) is 12.9. The van der Waals surface area contributed by atoms with Crippen LogP contribution < -0.4 is 10.6 Å². The summed E-state index contributed by atoms with van der Waals surface area (Å²) in [6, 6.07) is 31.4. The van der Waals surface area contributed by atoms with Crippen LogP contribution in [0.3, 0.4) is 0 Å². The highest BCUT2D eigenvalue weighted by molar-refractivity contribution is 6.05. The second kappa shape index (κ2) is 12.1. The van der Waals surface area contributed by atoms with Gasteiger partial charge in [-0.1, -0.05) is 97.1 Å². The van der Waals surface area contributed by atoms with Crippen LogP contribution in [0.1, 0.15) is 22.5 Å². The van der Waals surface area contributed by atoms with Crippen LogP contribution in [0.5, 0.6) is 0 Å². The summed E-state index contributed by atoms with van der Waals surface area (Å²) >= 11 is 0. The van der Waals surface area contributed by atoms with Gasteiger partial charge in [-0.05, 0) is 34.4 Å². The summed E-state index contributed by atoms with van der Waals surface area (Å²) < 4.78 is 5.11. The van der Waals surface area contributed by atoms with E-state index < -0.39 is 24.0 Å². The molecule has 5 rings (SSSR count). The van der Waals surface area contributed by atoms with Gasteiger partial charge in [0.05, 0.1) is 5.52 Å². The number of ether oxygens (including phenoxy) is 1. The summed E-state index contributed by atoms with van der Waals surface area (Å²) in [6.45, 7) is 0.0313. The van der Waals surface area contributed by atoms with Crippen molar-refractivity contribution in [3.8, 4) is 11.1 Å². The number of aromatic nitrogens is 1. The maximum Gasteiger partial charge on any atom is 0.408 e. The molecule has 200 valence electrons. The predicted octanol–water partition coefficient (Wildman–Crippen LogP) is 5.55. The Labute approximate surface area is 230 Å². The van der Waals surface area contributed by atoms with Gasteiger partial charge in [0.15, 0.2) is 0 Å². The molecule has 3 N–H and O–H groups in total. The van der Waals surface area contributed by atoms with Crippen molar-refractivity contribution >= 4 is 39.6 Å². The highest BCUT2D eigenvalue weighted by Crippen LogP contribution is 2.33. The van der Waals surface area contributed by atoms with Crippen molar-refractivity contribution in [3.63, 3.8) is 0 Å². The standard InChI is InChI=1S/C32H27N3O5/c36-30(33-19-18-28(31(37)38)35-32(39)40-20-21-8-2-1-3-9-21)27-17-16-23-12-7-15-26(29(23)34-27)25-14-6-11-22-10-4-5-13-24(22)25/h1-17,28H,18-20H2,(H,33,36)(H,35,39)(H,37,38). The molecule has 0 fully saturated rings. The Kier molecular flexibility index (Phi) is 7.97. The number of rotatable bonds is 9. The lowest BCUT2D eigenvalue weighted by Gasteiger charge is -2.15. The van der Waals surface area contributed by atoms with E-state index in [0.717, 1.165) is 32.8 Å². The first-order valence-corrected chi connectivity index (χ1v) is 12.9. The fraction of sp³-hybridized carbons (Fsp3) is 0.125. The van der Waals surface area contributed by atoms with Crippen molar-refractivity contribution in [2.45, 2.75) is 19.1 Å². The van der Waals surface area contributed by atoms with Gasteiger partial charge < -0.3 is 20.5 Å². The van der Waals surface area contributed by atoms with Gasteiger partial charge in [-0.25, -0.2) is 14.6 Å². The number of carbonyl (C=O) groups excluding carboxylic acids is 2. The molecule has 0 radical (unpaired) electrons. The number of carboxylic acid groups (broad SMARTS) is 1. The van der Waals surface area contributed by atoms with E-state index in [1.165, 1.54) is 0 Å². The summed E-state index contributed by atoms with van der Waals surface area (Å²) in [7, 11) is 0. The third-order valence-electron chi connectivity index (χ3n) is 6.55. The van der Waals surface area contributed by atoms with Crippen LogP contribution in [-0.2, 0) is 16.1 Å². The van der Waals surface area contributed by atoms with Crippen LogP contribution in [0.25, 0.3) is 32.8 Å². The third-order valence-corrected chi connectivity index (χ3v) is 6.55. The number of hydrogen-bond acceptors (Lipinski definition) is 5. The van der Waals surface area contributed by atoms with Crippen molar-refractivity contribution in [2.75, 3.05) is 6.54 Å². The molecule has 8 heteroatoms. The average molecular weight is 534 g/mol. The number of carboxylic acids is 1. The Morgan fingerprint density at radius 2 is 1.48 bits per heavy atom. The van der Waals surface area contributed by atoms with Gasteiger partial charge in [0.25, 0.3) is 5.91 Å². The smallest absolute Gasteiger partial charge is 0.408 e. The second-order valence-electron chi connectivity index (χ2n) is 9.24. The number of carbonyl (C=O) groups is 3. The minimum Gasteiger partial charge on any atom is -0.480 e. The van der Waals surface area contributed by atoms with Gasteiger partial charge in [-0.2, -0.15) is 0 Å². The largest absolute Gasteiger partial charge is 0.480 e. The number of nitrogens with zero attached hydrogens (tertiary/aromatic N) is 1. The highest BCUT2D eigenvalue weighted by atomic mass is 16.5. The Morgan fingerprint density at radius 1 is 0.775 bits per heavy atom. The second-order valence-corrected chi connectivity index (χ2v) is 9.24. The molecule has 1 atom stereocenters. The molecule has 0 saturated heterocycles. The zero-order chi connectivity index (χ0) is 27.9. The maximum absolute atomic E-state index is 12.9. The van der Waals surface area contributed by atoms with Gasteiger partial charge in [0, 0.05) is 17.5 Å². The van der Waals surface area contributed by atoms with Gasteiger partial charge in [-0.3, -0.25) is 4.79 Å². The molecule has 1 unspecified atom stereocenters. The Bertz CT molecular complexity index is 1680. The zero-order valence-electron chi connectivity index (χ0n) is 21.5. The molecule has 8 nitrogen and oxygen atoms in total. The van der Waals surface area contributed by atoms with Crippen LogP contribution in [0, 0.1) is 0 Å². The maximum atomic E-state index is 12.9. The lowest BCUT2D eigenvalue weighted by molar-refractivity contribution is -0.139. The number of aliphatic carboxylic acids is 1. The van der Waals surface area contributed by atoms with Crippen LogP contribution in [0.15, 0.2) is 103 Å². The molecule has 0 bridgehead atoms. The van der Waals surface area contributed by atoms with Crippen LogP contribution in [0.4, 0.5) is 4.79 Å². The molecule has 5 aromatic rings. The van der Waals surface area contributed by atoms with E-state index in [4.69, 9.17) is 4.74 Å². The molecule has 0 spiro atoms. The van der Waals surface area contributed by atoms with Crippen molar-refractivity contribution in [1.29, 1.82) is 0 Å². The average Bonchev–Trinajstić information content (AvgIpc) is 2.99. The molecule has 0 aliphatic rings. The van der Waals surface area contributed by atoms with Gasteiger partial charge in [-0.15, -0.1) is 0 Å². The van der Waals surface area contributed by atoms with Crippen molar-refractivity contribution in [2.24, 2.45) is 0 Å². The van der Waals surface area contributed by atoms with Crippen LogP contribution in [-0.4, -0.2) is 40.6 Å². The lowest BCUT2D eigenvalue weighted by Crippen LogP contribution is -2.43. The Morgan fingerprint density at radius 3 is 2.27 bits per heavy atom. The van der Waals surface area contributed by atoms with Crippen LogP contribution >= 0.6 is 0 Å². The van der Waals surface area contributed by atoms with Gasteiger partial charge in [0.2, 0.25) is 0 Å². The Balaban J connectivity index is 1.25. The van der Waals surface area contributed by atoms with Crippen LogP contribution in [0.2, 0.25) is 0 Å². The number of benzene rings is 4. The van der Waals surface area contributed by atoms with E-state index in [1.807, 2.05) is 66.7 Å². The number of amides is 2. The number of nitrogens with one attached hydrogen (secondary N) is 2. The summed E-state index contributed by atoms with van der Waals surface area (Å²) in [5, 5.41) is 17.7. The summed E-state index contributed by atoms with van der Waals surface area (Å²) in [4.78, 5) is 41.4. The quantitative estimate of drug-likeness (QED) is 0.229. The first kappa shape index (κ1) is 26.4. The number of hydrogen-bond donors (Lipinski definition) is 3. The fourth-order valence-corrected chi connectivity index (χ4v) is 4.54. The predicted molar refractivity (Wildman–Crippen MR) is 153 cm³/mol. The minimum absolute atomic E-state index is 0.0133. The SMILES string of the molecule is O=C(NC(CCNC(=O)c1ccc2cccc(-c3cccc4ccccc34)c2n1)C(=O)O)OCc1ccccc1. The van der Waals surface area contributed by atoms with E-state index in [-0.39, 0.29) is 25.3 Å². The summed E-state index contributed by atoms with van der Waals surface area (Å²) in [5.41, 5.74) is 3.61. The topological polar surface area (TPSA) is 118 Å². The molecule has 0 saturated carbocycles. The third kappa shape index (κ3) is 6.07. The molecular weight excluding hydrogens is 506 g/mol. The Hall–Kier alpha value is -5.24. The number of para-hydroxylation sites is 1. The van der Waals surface area contributed by atoms with Crippen molar-refractivity contribution in [1.82, 2.24) is 15.6 Å². The molecule has 0 aliphatic heterocycles. The fourth-order valence-electron chi connectivity index (χ4n) is 4.54. The molecule has 1 aromatic heterocycles. The summed E-state index contributed by atoms with van der Waals surface area (Å²) in [6.07, 6.45) is -0.879. The normalized spacial score (nSPS) is 11.6. The molecule has 2 amide bonds. The molecular formula is C32H27N3O5. The highest BCUT2D eigenvalue weighted by Gasteiger charge is 2.21. The molecule has 40 heavy (non-hydrogen) atoms. The minimum atomic E-state index is -1.23. The monoisotopic (exact) mass is 533 g/mol. The number of fused-ring (bicyclic) bond motifs is 2. The first-order chi connectivity index (χ1) is 19.5. The van der Waals surface area contributed by atoms with E-state index in [1.54, 1.807) is 18.2 Å². The molecule has 4 aromatic carbocycles. The van der Waals surface area contributed by atoms with Gasteiger partial charge >= 0.3 is 12.1 Å². The van der Waals surface area contributed by atoms with E-state index in [0.29, 0.717) is 5.52 Å². The van der Waals surface area contributed by atoms with E-state index in [9.17, 15) is 19.5 Å². The zero-order valence-corrected chi connectivity index (χ0v) is 21.5. The molecule has 0 aliphatic carbocycles. The van der Waals surface area contributed by atoms with Gasteiger partial charge in [0.1, 0.15) is 18.3 Å². The number of alkyl carbamates (subject to hydrolysis) is 1. The molecule has 1 heterocycles. The van der Waals surface area contributed by atoms with Crippen molar-refractivity contribution < 1.29 is 24.2 Å². The van der Waals surface area contributed by atoms with Crippen molar-refractivity contribution in [3.05, 3.63) is 114 Å².